The molecule has 0 aliphatic heterocycles. The molecule has 0 unspecified atom stereocenters. The first-order valence-corrected chi connectivity index (χ1v) is 9.34. The van der Waals surface area contributed by atoms with Crippen molar-refractivity contribution < 1.29 is 18.0 Å². The van der Waals surface area contributed by atoms with Crippen molar-refractivity contribution in [3.63, 3.8) is 0 Å². The number of carbonyl (C=O) groups is 2. The number of carbonyl (C=O) groups excluding carboxylic acids is 2. The summed E-state index contributed by atoms with van der Waals surface area (Å²) in [7, 11) is -3.54. The number of rotatable bonds is 7. The average molecular weight is 356 g/mol. The van der Waals surface area contributed by atoms with E-state index in [0.717, 1.165) is 6.26 Å². The van der Waals surface area contributed by atoms with E-state index >= 15 is 0 Å². The van der Waals surface area contributed by atoms with Gasteiger partial charge in [0.25, 0.3) is 0 Å². The van der Waals surface area contributed by atoms with Gasteiger partial charge < -0.3 is 16.0 Å². The Morgan fingerprint density at radius 2 is 1.92 bits per heavy atom. The van der Waals surface area contributed by atoms with Crippen molar-refractivity contribution in [2.75, 3.05) is 29.0 Å². The maximum atomic E-state index is 12.0. The van der Waals surface area contributed by atoms with Crippen LogP contribution in [0.1, 0.15) is 20.8 Å². The van der Waals surface area contributed by atoms with Crippen LogP contribution in [0, 0.1) is 0 Å². The maximum Gasteiger partial charge on any atom is 0.315 e. The van der Waals surface area contributed by atoms with Crippen LogP contribution < -0.4 is 20.3 Å². The molecule has 0 radical (unpaired) electrons. The molecule has 1 aromatic rings. The average Bonchev–Trinajstić information content (AvgIpc) is 2.41. The normalized spacial score (nSPS) is 11.0. The van der Waals surface area contributed by atoms with Crippen molar-refractivity contribution in [3.05, 3.63) is 24.3 Å². The highest BCUT2D eigenvalue weighted by molar-refractivity contribution is 7.92. The number of benzene rings is 1. The van der Waals surface area contributed by atoms with E-state index in [0.29, 0.717) is 11.4 Å². The van der Waals surface area contributed by atoms with E-state index < -0.39 is 10.0 Å². The molecule has 0 aliphatic carbocycles. The summed E-state index contributed by atoms with van der Waals surface area (Å²) in [5.74, 6) is -0.245. The minimum atomic E-state index is -3.54. The predicted octanol–water partition coefficient (Wildman–Crippen LogP) is 1.12. The largest absolute Gasteiger partial charge is 0.336 e. The van der Waals surface area contributed by atoms with E-state index in [1.807, 2.05) is 13.8 Å². The number of anilines is 2. The molecule has 3 N–H and O–H groups in total. The van der Waals surface area contributed by atoms with Gasteiger partial charge in [-0.3, -0.25) is 9.10 Å². The van der Waals surface area contributed by atoms with Gasteiger partial charge in [-0.15, -0.1) is 0 Å². The first-order valence-electron chi connectivity index (χ1n) is 7.49. The molecule has 0 saturated carbocycles. The van der Waals surface area contributed by atoms with Crippen molar-refractivity contribution in [1.29, 1.82) is 0 Å². The van der Waals surface area contributed by atoms with Crippen LogP contribution in [0.15, 0.2) is 24.3 Å². The molecule has 0 fully saturated rings. The molecule has 0 aromatic heterocycles. The highest BCUT2D eigenvalue weighted by Crippen LogP contribution is 2.21. The molecule has 0 aliphatic rings. The molecule has 134 valence electrons. The number of hydrogen-bond donors (Lipinski definition) is 3. The summed E-state index contributed by atoms with van der Waals surface area (Å²) in [4.78, 5) is 22.7. The minimum absolute atomic E-state index is 0.00894. The molecule has 9 heteroatoms. The Morgan fingerprint density at radius 1 is 1.25 bits per heavy atom. The lowest BCUT2D eigenvalue weighted by Gasteiger charge is -2.23. The number of hydrogen-bond acceptors (Lipinski definition) is 4. The Balaban J connectivity index is 2.84. The van der Waals surface area contributed by atoms with E-state index in [-0.39, 0.29) is 31.1 Å². The first kappa shape index (κ1) is 19.8. The van der Waals surface area contributed by atoms with Crippen LogP contribution in [0.4, 0.5) is 16.2 Å². The molecular formula is C15H24N4O4S. The predicted molar refractivity (Wildman–Crippen MR) is 94.6 cm³/mol. The third-order valence-electron chi connectivity index (χ3n) is 2.88. The number of nitrogens with zero attached hydrogens (tertiary/aromatic N) is 1. The van der Waals surface area contributed by atoms with Crippen LogP contribution in [0.25, 0.3) is 0 Å². The zero-order valence-corrected chi connectivity index (χ0v) is 15.1. The van der Waals surface area contributed by atoms with Gasteiger partial charge in [-0.25, -0.2) is 13.2 Å². The summed E-state index contributed by atoms with van der Waals surface area (Å²) in [6.07, 6.45) is 1.09. The summed E-state index contributed by atoms with van der Waals surface area (Å²) >= 11 is 0. The second-order valence-corrected chi connectivity index (χ2v) is 7.53. The van der Waals surface area contributed by atoms with Gasteiger partial charge in [0, 0.05) is 25.2 Å². The van der Waals surface area contributed by atoms with Crippen LogP contribution in [0.2, 0.25) is 0 Å². The van der Waals surface area contributed by atoms with Crippen LogP contribution in [-0.2, 0) is 14.8 Å². The van der Waals surface area contributed by atoms with Gasteiger partial charge in [0.05, 0.1) is 18.5 Å². The van der Waals surface area contributed by atoms with Crippen molar-refractivity contribution in [2.24, 2.45) is 0 Å². The summed E-state index contributed by atoms with van der Waals surface area (Å²) in [5, 5.41) is 7.87. The van der Waals surface area contributed by atoms with E-state index in [2.05, 4.69) is 16.0 Å². The van der Waals surface area contributed by atoms with E-state index in [1.54, 1.807) is 24.3 Å². The van der Waals surface area contributed by atoms with Gasteiger partial charge >= 0.3 is 6.03 Å². The van der Waals surface area contributed by atoms with Crippen molar-refractivity contribution in [1.82, 2.24) is 10.6 Å². The van der Waals surface area contributed by atoms with Gasteiger partial charge in [-0.05, 0) is 32.0 Å². The standard InChI is InChI=1S/C15H24N4O4S/c1-11(2)17-15(21)16-8-9-19(24(4,22)23)14-7-5-6-13(10-14)18-12(3)20/h5-7,10-11H,8-9H2,1-4H3,(H,18,20)(H2,16,17,21). The molecule has 8 nitrogen and oxygen atoms in total. The van der Waals surface area contributed by atoms with E-state index in [1.165, 1.54) is 11.2 Å². The van der Waals surface area contributed by atoms with Gasteiger partial charge in [0.15, 0.2) is 0 Å². The van der Waals surface area contributed by atoms with Gasteiger partial charge in [-0.1, -0.05) is 6.07 Å². The lowest BCUT2D eigenvalue weighted by atomic mass is 10.2. The summed E-state index contributed by atoms with van der Waals surface area (Å²) < 4.78 is 25.2. The summed E-state index contributed by atoms with van der Waals surface area (Å²) in [6.45, 7) is 5.26. The van der Waals surface area contributed by atoms with Crippen molar-refractivity contribution in [2.45, 2.75) is 26.8 Å². The molecule has 1 aromatic carbocycles. The smallest absolute Gasteiger partial charge is 0.315 e. The highest BCUT2D eigenvalue weighted by Gasteiger charge is 2.18. The summed E-state index contributed by atoms with van der Waals surface area (Å²) in [6, 6.07) is 6.14. The quantitative estimate of drug-likeness (QED) is 0.680. The third-order valence-corrected chi connectivity index (χ3v) is 4.07. The molecule has 0 saturated heterocycles. The minimum Gasteiger partial charge on any atom is -0.336 e. The molecule has 1 rings (SSSR count). The topological polar surface area (TPSA) is 108 Å². The fraction of sp³-hybridized carbons (Fsp3) is 0.467. The molecule has 0 atom stereocenters. The molecule has 24 heavy (non-hydrogen) atoms. The number of urea groups is 1. The Labute approximate surface area is 142 Å². The fourth-order valence-electron chi connectivity index (χ4n) is 2.01. The Kier molecular flexibility index (Phi) is 7.02. The van der Waals surface area contributed by atoms with Gasteiger partial charge in [0.2, 0.25) is 15.9 Å². The zero-order chi connectivity index (χ0) is 18.3. The van der Waals surface area contributed by atoms with E-state index in [4.69, 9.17) is 0 Å². The van der Waals surface area contributed by atoms with Gasteiger partial charge in [-0.2, -0.15) is 0 Å². The zero-order valence-electron chi connectivity index (χ0n) is 14.3. The lowest BCUT2D eigenvalue weighted by Crippen LogP contribution is -2.43. The third kappa shape index (κ3) is 6.86. The maximum absolute atomic E-state index is 12.0. The second kappa shape index (κ2) is 8.53. The Hall–Kier alpha value is -2.29. The Morgan fingerprint density at radius 3 is 2.46 bits per heavy atom. The first-order chi connectivity index (χ1) is 11.1. The monoisotopic (exact) mass is 356 g/mol. The number of amides is 3. The molecule has 0 spiro atoms. The van der Waals surface area contributed by atoms with Crippen molar-refractivity contribution >= 4 is 33.3 Å². The number of sulfonamides is 1. The summed E-state index contributed by atoms with van der Waals surface area (Å²) in [5.41, 5.74) is 0.911. The van der Waals surface area contributed by atoms with Crippen LogP contribution in [0.3, 0.4) is 0 Å². The van der Waals surface area contributed by atoms with Crippen LogP contribution in [-0.4, -0.2) is 45.7 Å². The fourth-order valence-corrected chi connectivity index (χ4v) is 2.93. The molecule has 0 heterocycles. The van der Waals surface area contributed by atoms with Gasteiger partial charge in [0.1, 0.15) is 0 Å². The highest BCUT2D eigenvalue weighted by atomic mass is 32.2. The molecular weight excluding hydrogens is 332 g/mol. The molecule has 0 bridgehead atoms. The van der Waals surface area contributed by atoms with E-state index in [9.17, 15) is 18.0 Å². The lowest BCUT2D eigenvalue weighted by molar-refractivity contribution is -0.114. The SMILES string of the molecule is CC(=O)Nc1cccc(N(CCNC(=O)NC(C)C)S(C)(=O)=O)c1. The van der Waals surface area contributed by atoms with Crippen LogP contribution in [0.5, 0.6) is 0 Å². The second-order valence-electron chi connectivity index (χ2n) is 5.62. The molecule has 3 amide bonds. The Bertz CT molecular complexity index is 688. The van der Waals surface area contributed by atoms with Crippen LogP contribution >= 0.6 is 0 Å². The van der Waals surface area contributed by atoms with Crippen molar-refractivity contribution in [3.8, 4) is 0 Å². The number of nitrogens with one attached hydrogen (secondary N) is 3.